The van der Waals surface area contributed by atoms with Crippen LogP contribution in [-0.4, -0.2) is 46.5 Å². The standard InChI is InChI=1S/C29H53NOP2.2ClH.Pd/c1-5-15-26(16-6-1)32(27-17-7-2-8-18-27)30-23-13-14-25(30)24-31-33(28-19-9-3-10-20-28)29-21-11-4-12-22-29;;;/h25-29H,1-24H2;2*1H;/q;;;+2/t25-;;;/m0.../s1. The van der Waals surface area contributed by atoms with Gasteiger partial charge in [-0.3, -0.25) is 0 Å². The van der Waals surface area contributed by atoms with E-state index in [1.54, 1.807) is 25.7 Å². The van der Waals surface area contributed by atoms with Crippen molar-refractivity contribution in [1.82, 2.24) is 4.67 Å². The predicted octanol–water partition coefficient (Wildman–Crippen LogP) is 10.4. The average Bonchev–Trinajstić information content (AvgIpc) is 3.40. The van der Waals surface area contributed by atoms with Crippen molar-refractivity contribution in [2.75, 3.05) is 13.2 Å². The van der Waals surface area contributed by atoms with Gasteiger partial charge in [0.15, 0.2) is 0 Å². The molecule has 1 atom stereocenters. The van der Waals surface area contributed by atoms with E-state index >= 15 is 0 Å². The summed E-state index contributed by atoms with van der Waals surface area (Å²) in [5.74, 6) is 0. The predicted molar refractivity (Wildman–Crippen MR) is 162 cm³/mol. The summed E-state index contributed by atoms with van der Waals surface area (Å²) >= 11 is -0.106. The van der Waals surface area contributed by atoms with Gasteiger partial charge < -0.3 is 0 Å². The van der Waals surface area contributed by atoms with E-state index in [2.05, 4.69) is 4.67 Å². The summed E-state index contributed by atoms with van der Waals surface area (Å²) < 4.78 is 10.4. The SMILES string of the molecule is C1CCC([PH+](OC[C@@H]2CCCN2[PH+](C2CCCCC2)C2CCCCC2)C2CCCCC2)CC1.[Cl][Pd][Cl]. The zero-order valence-corrected chi connectivity index (χ0v) is 27.9. The maximum absolute atomic E-state index is 7.24. The van der Waals surface area contributed by atoms with Crippen LogP contribution < -0.4 is 0 Å². The van der Waals surface area contributed by atoms with Gasteiger partial charge in [0.1, 0.15) is 14.8 Å². The van der Waals surface area contributed by atoms with Crippen molar-refractivity contribution in [3.63, 3.8) is 0 Å². The zero-order chi connectivity index (χ0) is 25.0. The van der Waals surface area contributed by atoms with E-state index in [9.17, 15) is 0 Å². The van der Waals surface area contributed by atoms with E-state index < -0.39 is 16.2 Å². The van der Waals surface area contributed by atoms with Gasteiger partial charge in [-0.25, -0.2) is 4.52 Å². The zero-order valence-electron chi connectivity index (χ0n) is 22.8. The van der Waals surface area contributed by atoms with Crippen LogP contribution in [0.5, 0.6) is 0 Å². The molecule has 0 aromatic rings. The van der Waals surface area contributed by atoms with Crippen molar-refractivity contribution in [2.45, 2.75) is 170 Å². The fourth-order valence-electron chi connectivity index (χ4n) is 8.48. The second kappa shape index (κ2) is 17.8. The van der Waals surface area contributed by atoms with E-state index in [1.807, 2.05) is 0 Å². The third kappa shape index (κ3) is 9.27. The molecule has 0 unspecified atom stereocenters. The Labute approximate surface area is 242 Å². The van der Waals surface area contributed by atoms with E-state index in [4.69, 9.17) is 23.6 Å². The Morgan fingerprint density at radius 1 is 0.556 bits per heavy atom. The molecule has 0 bridgehead atoms. The molecule has 214 valence electrons. The molecule has 0 spiro atoms. The van der Waals surface area contributed by atoms with Gasteiger partial charge in [-0.1, -0.05) is 25.7 Å². The van der Waals surface area contributed by atoms with Crippen LogP contribution in [0.4, 0.5) is 0 Å². The molecule has 0 amide bonds. The Hall–Kier alpha value is 2.02. The molecule has 5 rings (SSSR count). The van der Waals surface area contributed by atoms with E-state index in [1.165, 1.54) is 122 Å². The van der Waals surface area contributed by atoms with Crippen molar-refractivity contribution in [2.24, 2.45) is 0 Å². The van der Waals surface area contributed by atoms with Gasteiger partial charge in [0.25, 0.3) is 0 Å². The van der Waals surface area contributed by atoms with Gasteiger partial charge in [0.05, 0.1) is 36.8 Å². The van der Waals surface area contributed by atoms with Crippen LogP contribution in [0.1, 0.15) is 141 Å². The van der Waals surface area contributed by atoms with Gasteiger partial charge in [-0.15, -0.1) is 0 Å². The van der Waals surface area contributed by atoms with Crippen LogP contribution >= 0.6 is 35.3 Å². The molecule has 0 aromatic carbocycles. The summed E-state index contributed by atoms with van der Waals surface area (Å²) in [5, 5.41) is 0. The van der Waals surface area contributed by atoms with Crippen molar-refractivity contribution in [3.8, 4) is 0 Å². The minimum absolute atomic E-state index is 0.106. The monoisotopic (exact) mass is 671 g/mol. The van der Waals surface area contributed by atoms with Crippen LogP contribution in [0.25, 0.3) is 0 Å². The Bertz CT molecular complexity index is 546. The van der Waals surface area contributed by atoms with Crippen LogP contribution in [0.3, 0.4) is 0 Å². The molecule has 5 fully saturated rings. The second-order valence-electron chi connectivity index (χ2n) is 12.5. The molecule has 5 aliphatic rings. The molecule has 7 heteroatoms. The number of rotatable bonds is 8. The van der Waals surface area contributed by atoms with E-state index in [-0.39, 0.29) is 15.9 Å². The van der Waals surface area contributed by atoms with Crippen molar-refractivity contribution in [3.05, 3.63) is 0 Å². The Morgan fingerprint density at radius 2 is 0.944 bits per heavy atom. The van der Waals surface area contributed by atoms with Crippen LogP contribution in [0.2, 0.25) is 0 Å². The molecular formula is C29H55Cl2NOP2Pd+2. The number of nitrogens with zero attached hydrogens (tertiary/aromatic N) is 1. The maximum atomic E-state index is 7.24. The normalized spacial score (nSPS) is 28.6. The summed E-state index contributed by atoms with van der Waals surface area (Å²) in [6, 6.07) is 0.787. The fourth-order valence-corrected chi connectivity index (χ4v) is 16.6. The van der Waals surface area contributed by atoms with Crippen LogP contribution in [-0.2, 0) is 20.5 Å². The Kier molecular flexibility index (Phi) is 15.3. The second-order valence-corrected chi connectivity index (χ2v) is 20.7. The molecule has 4 saturated carbocycles. The van der Waals surface area contributed by atoms with Gasteiger partial charge in [0.2, 0.25) is 0 Å². The number of hydrogen-bond donors (Lipinski definition) is 0. The summed E-state index contributed by atoms with van der Waals surface area (Å²) in [4.78, 5) is 0. The van der Waals surface area contributed by atoms with Crippen LogP contribution in [0.15, 0.2) is 0 Å². The fraction of sp³-hybridized carbons (Fsp3) is 1.00. The first kappa shape index (κ1) is 31.0. The Morgan fingerprint density at radius 3 is 1.36 bits per heavy atom. The summed E-state index contributed by atoms with van der Waals surface area (Å²) in [5.41, 5.74) is 4.13. The van der Waals surface area contributed by atoms with Crippen molar-refractivity contribution in [1.29, 1.82) is 0 Å². The van der Waals surface area contributed by atoms with Gasteiger partial charge in [0, 0.05) is 6.54 Å². The molecule has 0 radical (unpaired) electrons. The van der Waals surface area contributed by atoms with Crippen molar-refractivity contribution < 1.29 is 20.5 Å². The molecule has 0 aromatic heterocycles. The summed E-state index contributed by atoms with van der Waals surface area (Å²) in [7, 11) is 8.58. The van der Waals surface area contributed by atoms with E-state index in [0.717, 1.165) is 35.3 Å². The first-order valence-electron chi connectivity index (χ1n) is 15.8. The first-order chi connectivity index (χ1) is 17.8. The van der Waals surface area contributed by atoms with Crippen LogP contribution in [0, 0.1) is 0 Å². The number of halogens is 2. The molecule has 2 nitrogen and oxygen atoms in total. The summed E-state index contributed by atoms with van der Waals surface area (Å²) in [6.45, 7) is 2.54. The minimum atomic E-state index is -0.645. The topological polar surface area (TPSA) is 12.5 Å². The Balaban J connectivity index is 0.000000967. The molecule has 1 heterocycles. The molecule has 0 N–H and O–H groups in total. The first-order valence-corrected chi connectivity index (χ1v) is 22.9. The average molecular weight is 673 g/mol. The third-order valence-corrected chi connectivity index (χ3v) is 17.6. The quantitative estimate of drug-likeness (QED) is 0.188. The summed E-state index contributed by atoms with van der Waals surface area (Å²) in [6.07, 6.45) is 33.2. The number of hydrogen-bond acceptors (Lipinski definition) is 2. The molecule has 4 aliphatic carbocycles. The molecular weight excluding hydrogens is 618 g/mol. The van der Waals surface area contributed by atoms with Gasteiger partial charge in [-0.2, -0.15) is 4.67 Å². The van der Waals surface area contributed by atoms with E-state index in [0.29, 0.717) is 0 Å². The molecule has 1 saturated heterocycles. The molecule has 36 heavy (non-hydrogen) atoms. The molecule has 1 aliphatic heterocycles. The van der Waals surface area contributed by atoms with Crippen molar-refractivity contribution >= 4 is 35.3 Å². The van der Waals surface area contributed by atoms with Gasteiger partial charge >= 0.3 is 35.0 Å². The van der Waals surface area contributed by atoms with Gasteiger partial charge in [-0.05, 0) is 116 Å². The third-order valence-electron chi connectivity index (χ3n) is 10.2.